The van der Waals surface area contributed by atoms with E-state index in [1.54, 1.807) is 11.1 Å². The van der Waals surface area contributed by atoms with Crippen LogP contribution in [0.5, 0.6) is 0 Å². The van der Waals surface area contributed by atoms with Crippen molar-refractivity contribution in [3.05, 3.63) is 0 Å². The first-order valence-electron chi connectivity index (χ1n) is 6.93. The van der Waals surface area contributed by atoms with Gasteiger partial charge in [0.05, 0.1) is 6.21 Å². The number of hydrogen-bond donors (Lipinski definition) is 0. The highest BCUT2D eigenvalue weighted by Crippen LogP contribution is 2.20. The topological polar surface area (TPSA) is 65.0 Å². The molecule has 1 aliphatic rings. The number of carbonyl (C=O) groups excluding carboxylic acids is 1. The van der Waals surface area contributed by atoms with Crippen molar-refractivity contribution < 1.29 is 14.1 Å². The van der Waals surface area contributed by atoms with Crippen LogP contribution in [-0.4, -0.2) is 45.2 Å². The Bertz CT molecular complexity index is 372. The Morgan fingerprint density at radius 3 is 2.45 bits per heavy atom. The van der Waals surface area contributed by atoms with E-state index in [9.17, 15) is 9.35 Å². The van der Waals surface area contributed by atoms with Crippen LogP contribution in [0.25, 0.3) is 0 Å². The summed E-state index contributed by atoms with van der Waals surface area (Å²) in [5.41, 5.74) is -0.475. The fourth-order valence-corrected chi connectivity index (χ4v) is 2.30. The van der Waals surface area contributed by atoms with Gasteiger partial charge < -0.3 is 14.2 Å². The van der Waals surface area contributed by atoms with E-state index in [1.165, 1.54) is 0 Å². The van der Waals surface area contributed by atoms with Gasteiger partial charge in [-0.2, -0.15) is 0 Å². The van der Waals surface area contributed by atoms with Crippen LogP contribution in [0.3, 0.4) is 0 Å². The molecule has 1 fully saturated rings. The highest BCUT2D eigenvalue weighted by Gasteiger charge is 2.30. The zero-order valence-corrected chi connectivity index (χ0v) is 14.1. The average Bonchev–Trinajstić information content (AvgIpc) is 2.70. The van der Waals surface area contributed by atoms with Crippen LogP contribution in [0.4, 0.5) is 4.79 Å². The summed E-state index contributed by atoms with van der Waals surface area (Å²) in [5, 5.41) is 0. The summed E-state index contributed by atoms with van der Waals surface area (Å²) in [4.78, 5) is 13.6. The maximum Gasteiger partial charge on any atom is 0.410 e. The molecular formula is C14H26N2O3S. The van der Waals surface area contributed by atoms with Gasteiger partial charge >= 0.3 is 6.09 Å². The molecule has 0 aromatic rings. The molecule has 1 rings (SSSR count). The van der Waals surface area contributed by atoms with Crippen molar-refractivity contribution in [2.24, 2.45) is 10.3 Å². The van der Waals surface area contributed by atoms with Crippen molar-refractivity contribution in [1.82, 2.24) is 4.90 Å². The van der Waals surface area contributed by atoms with Gasteiger partial charge in [-0.05, 0) is 48.0 Å². The van der Waals surface area contributed by atoms with E-state index in [0.717, 1.165) is 6.42 Å². The maximum atomic E-state index is 11.9. The second-order valence-electron chi connectivity index (χ2n) is 7.09. The summed E-state index contributed by atoms with van der Waals surface area (Å²) in [6.07, 6.45) is 2.28. The van der Waals surface area contributed by atoms with Crippen LogP contribution in [0.2, 0.25) is 0 Å². The van der Waals surface area contributed by atoms with Crippen molar-refractivity contribution in [3.63, 3.8) is 0 Å². The van der Waals surface area contributed by atoms with Crippen LogP contribution in [-0.2, 0) is 16.1 Å². The summed E-state index contributed by atoms with van der Waals surface area (Å²) in [6.45, 7) is 12.5. The Morgan fingerprint density at radius 2 is 1.95 bits per heavy atom. The van der Waals surface area contributed by atoms with Crippen molar-refractivity contribution >= 4 is 23.7 Å². The van der Waals surface area contributed by atoms with Gasteiger partial charge in [-0.15, -0.1) is 0 Å². The van der Waals surface area contributed by atoms with Crippen LogP contribution in [0.1, 0.15) is 48.0 Å². The molecule has 1 saturated heterocycles. The number of nitrogens with zero attached hydrogens (tertiary/aromatic N) is 2. The highest BCUT2D eigenvalue weighted by atomic mass is 32.2. The first kappa shape index (κ1) is 17.3. The van der Waals surface area contributed by atoms with Gasteiger partial charge in [-0.25, -0.2) is 4.79 Å². The van der Waals surface area contributed by atoms with Crippen molar-refractivity contribution in [2.75, 3.05) is 13.1 Å². The molecule has 1 amide bonds. The number of hydrogen-bond acceptors (Lipinski definition) is 4. The van der Waals surface area contributed by atoms with E-state index >= 15 is 0 Å². The minimum atomic E-state index is -1.24. The Labute approximate surface area is 125 Å². The monoisotopic (exact) mass is 302 g/mol. The second kappa shape index (κ2) is 6.35. The van der Waals surface area contributed by atoms with Gasteiger partial charge in [-0.1, -0.05) is 4.40 Å². The highest BCUT2D eigenvalue weighted by molar-refractivity contribution is 7.91. The Morgan fingerprint density at radius 1 is 1.35 bits per heavy atom. The lowest BCUT2D eigenvalue weighted by molar-refractivity contribution is 0.0292. The molecular weight excluding hydrogens is 276 g/mol. The summed E-state index contributed by atoms with van der Waals surface area (Å²) in [5.74, 6) is 0.161. The van der Waals surface area contributed by atoms with Crippen molar-refractivity contribution in [2.45, 2.75) is 58.3 Å². The normalized spacial score (nSPS) is 22.4. The molecule has 1 heterocycles. The van der Waals surface area contributed by atoms with Crippen molar-refractivity contribution in [1.29, 1.82) is 0 Å². The van der Waals surface area contributed by atoms with Crippen LogP contribution >= 0.6 is 0 Å². The predicted octanol–water partition coefficient (Wildman–Crippen LogP) is 2.78. The van der Waals surface area contributed by atoms with E-state index in [-0.39, 0.29) is 16.8 Å². The number of ether oxygens (including phenoxy) is 1. The Hall–Kier alpha value is -0.750. The van der Waals surface area contributed by atoms with Gasteiger partial charge in [-0.3, -0.25) is 0 Å². The van der Waals surface area contributed by atoms with E-state index in [0.29, 0.717) is 13.1 Å². The van der Waals surface area contributed by atoms with Crippen LogP contribution in [0, 0.1) is 5.92 Å². The third-order valence-corrected chi connectivity index (χ3v) is 4.13. The molecule has 0 N–H and O–H groups in total. The zero-order valence-electron chi connectivity index (χ0n) is 13.3. The summed E-state index contributed by atoms with van der Waals surface area (Å²) in [6, 6.07) is 0. The molecule has 20 heavy (non-hydrogen) atoms. The lowest BCUT2D eigenvalue weighted by Gasteiger charge is -2.24. The zero-order chi connectivity index (χ0) is 15.6. The van der Waals surface area contributed by atoms with E-state index in [1.807, 2.05) is 41.5 Å². The maximum absolute atomic E-state index is 11.9. The lowest BCUT2D eigenvalue weighted by Crippen LogP contribution is -2.35. The minimum Gasteiger partial charge on any atom is -0.591 e. The van der Waals surface area contributed by atoms with Gasteiger partial charge in [0, 0.05) is 19.0 Å². The van der Waals surface area contributed by atoms with E-state index < -0.39 is 17.0 Å². The molecule has 0 bridgehead atoms. The summed E-state index contributed by atoms with van der Waals surface area (Å²) in [7, 11) is 0. The third kappa shape index (κ3) is 5.71. The SMILES string of the molecule is CC(C)(C)OC(=O)N1CCC(C=N[S@@+]([O-])C(C)(C)C)C1. The fraction of sp³-hybridized carbons (Fsp3) is 0.857. The number of amides is 1. The quantitative estimate of drug-likeness (QED) is 0.582. The van der Waals surface area contributed by atoms with E-state index in [2.05, 4.69) is 4.40 Å². The Balaban J connectivity index is 2.48. The molecule has 5 nitrogen and oxygen atoms in total. The Kier molecular flexibility index (Phi) is 5.49. The first-order valence-corrected chi connectivity index (χ1v) is 8.04. The fourth-order valence-electron chi connectivity index (χ4n) is 1.70. The number of likely N-dealkylation sites (tertiary alicyclic amines) is 1. The summed E-state index contributed by atoms with van der Waals surface area (Å²) < 4.78 is 20.9. The van der Waals surface area contributed by atoms with Gasteiger partial charge in [0.15, 0.2) is 0 Å². The predicted molar refractivity (Wildman–Crippen MR) is 82.3 cm³/mol. The standard InChI is InChI=1S/C14H26N2O3S/c1-13(2,3)19-12(17)16-8-7-11(10-16)9-15-20(18)14(4,5)6/h9,11H,7-8,10H2,1-6H3/t11?,20-/m0/s1. The van der Waals surface area contributed by atoms with Crippen LogP contribution in [0.15, 0.2) is 4.40 Å². The molecule has 0 radical (unpaired) electrons. The molecule has 116 valence electrons. The second-order valence-corrected chi connectivity index (χ2v) is 9.02. The number of rotatable bonds is 2. The van der Waals surface area contributed by atoms with Gasteiger partial charge in [0.2, 0.25) is 0 Å². The molecule has 0 spiro atoms. The molecule has 1 aliphatic heterocycles. The third-order valence-electron chi connectivity index (χ3n) is 2.77. The first-order chi connectivity index (χ1) is 8.99. The smallest absolute Gasteiger partial charge is 0.410 e. The molecule has 0 aliphatic carbocycles. The van der Waals surface area contributed by atoms with Gasteiger partial charge in [0.1, 0.15) is 21.7 Å². The van der Waals surface area contributed by atoms with Crippen molar-refractivity contribution in [3.8, 4) is 0 Å². The van der Waals surface area contributed by atoms with Gasteiger partial charge in [0.25, 0.3) is 0 Å². The lowest BCUT2D eigenvalue weighted by atomic mass is 10.1. The molecule has 1 unspecified atom stereocenters. The van der Waals surface area contributed by atoms with E-state index in [4.69, 9.17) is 4.74 Å². The molecule has 0 aromatic heterocycles. The minimum absolute atomic E-state index is 0.161. The molecule has 2 atom stereocenters. The summed E-state index contributed by atoms with van der Waals surface area (Å²) >= 11 is -1.24. The molecule has 0 aromatic carbocycles. The number of carbonyl (C=O) groups is 1. The average molecular weight is 302 g/mol. The largest absolute Gasteiger partial charge is 0.591 e. The molecule has 6 heteroatoms. The van der Waals surface area contributed by atoms with Crippen LogP contribution < -0.4 is 0 Å². The molecule has 0 saturated carbocycles.